The fraction of sp³-hybridized carbons (Fsp3) is 1.00. The summed E-state index contributed by atoms with van der Waals surface area (Å²) in [6, 6.07) is 0. The third-order valence-corrected chi connectivity index (χ3v) is 26.2. The molecule has 828 valence electrons. The molecule has 0 aromatic rings. The Balaban J connectivity index is 1.11. The summed E-state index contributed by atoms with van der Waals surface area (Å²) < 4.78 is 105. The van der Waals surface area contributed by atoms with Crippen LogP contribution in [0.15, 0.2) is 0 Å². The first-order valence-corrected chi connectivity index (χ1v) is 53.4. The summed E-state index contributed by atoms with van der Waals surface area (Å²) in [7, 11) is 1.62. The molecule has 22 unspecified atom stereocenters. The van der Waals surface area contributed by atoms with E-state index in [1.807, 2.05) is 27.7 Å². The number of hydrogen-bond donors (Lipinski definition) is 17. The van der Waals surface area contributed by atoms with Crippen LogP contribution < -0.4 is 0 Å². The molecule has 22 atom stereocenters. The van der Waals surface area contributed by atoms with Gasteiger partial charge in [-0.25, -0.2) is 0 Å². The van der Waals surface area contributed by atoms with Gasteiger partial charge in [-0.1, -0.05) is 176 Å². The van der Waals surface area contributed by atoms with E-state index in [-0.39, 0.29) is 192 Å². The normalized spacial score (nSPS) is 21.0. The van der Waals surface area contributed by atoms with Gasteiger partial charge in [0.2, 0.25) is 0 Å². The number of unbranched alkanes of at least 4 members (excludes halogenated alkanes) is 9. The molecule has 4 aliphatic rings. The Labute approximate surface area is 834 Å². The molecule has 0 spiro atoms. The number of rotatable bonds is 106. The first-order valence-electron chi connectivity index (χ1n) is 53.4. The van der Waals surface area contributed by atoms with Crippen LogP contribution in [0.25, 0.3) is 0 Å². The molecule has 3 saturated heterocycles. The van der Waals surface area contributed by atoms with Crippen molar-refractivity contribution in [2.45, 2.75) is 389 Å². The van der Waals surface area contributed by atoms with Gasteiger partial charge in [0.05, 0.1) is 335 Å². The quantitative estimate of drug-likeness (QED) is 0.0206. The molecule has 4 fully saturated rings. The standard InChI is InChI=1S/C104H202O35/c1-99(63-105,64-106)67-123-46-83(109)28-10-13-32-87(113)52-130-74-103(5,76-132-57-92(118)37-19-18-36-91(117)56-129-73-102(4,72-128-51-82(108)27-9-8-26-81-44-45-81)79-135-58-94(120)39-21-24-42-97-61-138-97)75-131-53-88(114)33-14-11-29-84(110)47-124-68-100(2,65-107)69-125-48-85(111)30-12-15-34-89(115)54-133-77-104(6,80-136-59-95(121)40-22-25-43-98-62-139-98)78-134-55-90(116)35-17-16-31-86(112)49-126-70-101(3,66-122-7)71-127-50-93(119)38-20-23-41-96-60-137-96/h81-98,105-121H,8-80H2,1-7H3. The first kappa shape index (κ1) is 130. The predicted molar refractivity (Wildman–Crippen MR) is 525 cm³/mol. The number of hydrogen-bond acceptors (Lipinski definition) is 35. The number of methoxy groups -OCH3 is 1. The second-order valence-electron chi connectivity index (χ2n) is 44.0. The Bertz CT molecular complexity index is 2770. The van der Waals surface area contributed by atoms with E-state index >= 15 is 0 Å². The lowest BCUT2D eigenvalue weighted by Crippen LogP contribution is -2.37. The minimum atomic E-state index is -0.820. The molecule has 17 N–H and O–H groups in total. The summed E-state index contributed by atoms with van der Waals surface area (Å²) in [5.74, 6) is 0.863. The van der Waals surface area contributed by atoms with E-state index in [1.165, 1.54) is 19.3 Å². The average molecular weight is 2010 g/mol. The van der Waals surface area contributed by atoms with E-state index < -0.39 is 118 Å². The van der Waals surface area contributed by atoms with Crippen molar-refractivity contribution in [1.29, 1.82) is 0 Å². The van der Waals surface area contributed by atoms with Gasteiger partial charge in [0.25, 0.3) is 0 Å². The first-order chi connectivity index (χ1) is 66.6. The van der Waals surface area contributed by atoms with Crippen molar-refractivity contribution in [3.05, 3.63) is 0 Å². The Morgan fingerprint density at radius 1 is 0.201 bits per heavy atom. The number of aliphatic hydroxyl groups is 17. The van der Waals surface area contributed by atoms with Crippen LogP contribution in [0.5, 0.6) is 0 Å². The maximum absolute atomic E-state index is 11.1. The van der Waals surface area contributed by atoms with Crippen LogP contribution in [0.1, 0.15) is 286 Å². The second-order valence-corrected chi connectivity index (χ2v) is 44.0. The van der Waals surface area contributed by atoms with E-state index in [9.17, 15) is 86.8 Å². The fourth-order valence-corrected chi connectivity index (χ4v) is 16.4. The smallest absolute Gasteiger partial charge is 0.0810 e. The molecule has 35 nitrogen and oxygen atoms in total. The van der Waals surface area contributed by atoms with Gasteiger partial charge in [-0.05, 0) is 115 Å². The average Bonchev–Trinajstić information content (AvgIpc) is 1.24. The lowest BCUT2D eigenvalue weighted by Gasteiger charge is -2.30. The van der Waals surface area contributed by atoms with Crippen molar-refractivity contribution in [2.24, 2.45) is 38.4 Å². The molecule has 0 aromatic heterocycles. The topological polar surface area (TPSA) is 520 Å². The van der Waals surface area contributed by atoms with E-state index in [0.717, 1.165) is 96.4 Å². The van der Waals surface area contributed by atoms with Crippen molar-refractivity contribution in [3.63, 3.8) is 0 Å². The molecule has 0 bridgehead atoms. The largest absolute Gasteiger partial charge is 0.396 e. The van der Waals surface area contributed by atoms with Gasteiger partial charge in [0, 0.05) is 39.6 Å². The zero-order chi connectivity index (χ0) is 102. The lowest BCUT2D eigenvalue weighted by atomic mass is 9.94. The molecular formula is C104H202O35. The van der Waals surface area contributed by atoms with Crippen LogP contribution in [0.3, 0.4) is 0 Å². The highest BCUT2D eigenvalue weighted by atomic mass is 16.6. The van der Waals surface area contributed by atoms with E-state index in [0.29, 0.717) is 192 Å². The monoisotopic (exact) mass is 2010 g/mol. The molecule has 3 heterocycles. The van der Waals surface area contributed by atoms with Gasteiger partial charge in [-0.3, -0.25) is 0 Å². The summed E-state index contributed by atoms with van der Waals surface area (Å²) in [6.07, 6.45) is 18.8. The fourth-order valence-electron chi connectivity index (χ4n) is 16.4. The van der Waals surface area contributed by atoms with Crippen LogP contribution in [0.4, 0.5) is 0 Å². The van der Waals surface area contributed by atoms with Crippen LogP contribution in [0, 0.1) is 38.4 Å². The third-order valence-electron chi connectivity index (χ3n) is 26.2. The molecule has 139 heavy (non-hydrogen) atoms. The Kier molecular flexibility index (Phi) is 72.8. The number of aliphatic hydroxyl groups excluding tert-OH is 17. The van der Waals surface area contributed by atoms with Gasteiger partial charge >= 0.3 is 0 Å². The van der Waals surface area contributed by atoms with Crippen LogP contribution >= 0.6 is 0 Å². The van der Waals surface area contributed by atoms with Crippen LogP contribution in [-0.2, 0) is 85.3 Å². The summed E-state index contributed by atoms with van der Waals surface area (Å²) in [6.45, 7) is 17.3. The van der Waals surface area contributed by atoms with E-state index in [2.05, 4.69) is 0 Å². The molecule has 1 saturated carbocycles. The molecular weight excluding hydrogens is 1810 g/mol. The summed E-state index contributed by atoms with van der Waals surface area (Å²) in [5, 5.41) is 181. The van der Waals surface area contributed by atoms with Crippen molar-refractivity contribution >= 4 is 0 Å². The van der Waals surface area contributed by atoms with E-state index in [4.69, 9.17) is 85.3 Å². The lowest BCUT2D eigenvalue weighted by molar-refractivity contribution is -0.0933. The maximum atomic E-state index is 11.1. The van der Waals surface area contributed by atoms with Gasteiger partial charge in [-0.15, -0.1) is 0 Å². The SMILES string of the molecule is COCC(C)(COCC(O)CCCCC(O)COCC(C)(COCC(O)CCCCC(O)COCC(C)(CO)COCC(O)CCCCC(O)COCC(C)(COCC(O)CCCCC(O)COCC(C)(CO)CO)COCC(O)CCCCC(O)COCC(C)(COCC(O)CCCCC1CC1)COCC(O)CCCCC1CO1)COCC(O)CCCCC1CO1)COCC(O)CCCCC1CO1. The van der Waals surface area contributed by atoms with E-state index in [1.54, 1.807) is 21.0 Å². The minimum Gasteiger partial charge on any atom is -0.396 e. The Morgan fingerprint density at radius 2 is 0.338 bits per heavy atom. The molecule has 3 aliphatic heterocycles. The number of ether oxygens (including phenoxy) is 18. The maximum Gasteiger partial charge on any atom is 0.0810 e. The Hall–Kier alpha value is -1.40. The van der Waals surface area contributed by atoms with Gasteiger partial charge in [-0.2, -0.15) is 0 Å². The highest BCUT2D eigenvalue weighted by Gasteiger charge is 2.35. The number of epoxide rings is 3. The Morgan fingerprint density at radius 3 is 0.482 bits per heavy atom. The predicted octanol–water partition coefficient (Wildman–Crippen LogP) is 7.58. The molecule has 4 rings (SSSR count). The van der Waals surface area contributed by atoms with Gasteiger partial charge < -0.3 is 172 Å². The highest BCUT2D eigenvalue weighted by Crippen LogP contribution is 2.35. The summed E-state index contributed by atoms with van der Waals surface area (Å²) in [4.78, 5) is 0. The zero-order valence-electron chi connectivity index (χ0n) is 87.0. The van der Waals surface area contributed by atoms with Gasteiger partial charge in [0.1, 0.15) is 0 Å². The van der Waals surface area contributed by atoms with Gasteiger partial charge in [0.15, 0.2) is 0 Å². The van der Waals surface area contributed by atoms with Crippen molar-refractivity contribution in [3.8, 4) is 0 Å². The minimum absolute atomic E-state index is 0.00898. The zero-order valence-corrected chi connectivity index (χ0v) is 87.0. The molecule has 0 aromatic carbocycles. The van der Waals surface area contributed by atoms with Crippen molar-refractivity contribution < 1.29 is 172 Å². The highest BCUT2D eigenvalue weighted by molar-refractivity contribution is 4.83. The second kappa shape index (κ2) is 77.9. The summed E-state index contributed by atoms with van der Waals surface area (Å²) in [5.41, 5.74) is -4.13. The molecule has 1 aliphatic carbocycles. The molecule has 35 heteroatoms. The third kappa shape index (κ3) is 72.6. The molecule has 0 amide bonds. The van der Waals surface area contributed by atoms with Crippen LogP contribution in [0.2, 0.25) is 0 Å². The molecule has 0 radical (unpaired) electrons. The van der Waals surface area contributed by atoms with Crippen LogP contribution in [-0.4, -0.2) is 429 Å². The summed E-state index contributed by atoms with van der Waals surface area (Å²) >= 11 is 0. The van der Waals surface area contributed by atoms with Crippen molar-refractivity contribution in [1.82, 2.24) is 0 Å². The van der Waals surface area contributed by atoms with Crippen molar-refractivity contribution in [2.75, 3.05) is 238 Å².